The van der Waals surface area contributed by atoms with Crippen LogP contribution < -0.4 is 20.9 Å². The highest BCUT2D eigenvalue weighted by Crippen LogP contribution is 2.37. The first-order chi connectivity index (χ1) is 17.4. The first-order valence-electron chi connectivity index (χ1n) is 12.6. The fourth-order valence-electron chi connectivity index (χ4n) is 5.30. The Hall–Kier alpha value is -3.79. The standard InChI is InChI=1S/C26H32N8O2/c1-27-21-11-22(34-8-6-17(7-9-34)28-16-4-5-16)18-14-33(3)31-25(18)24(21)26(36)29-20-10-15-13-32(2)30-19(15)12-23(20)35/h10-14,16-17,27-28,35H,4-9H2,1-3H3,(H,29,36). The molecule has 0 unspecified atom stereocenters. The molecular formula is C26H32N8O2. The molecule has 2 aromatic carbocycles. The van der Waals surface area contributed by atoms with Crippen LogP contribution in [0.25, 0.3) is 21.8 Å². The van der Waals surface area contributed by atoms with E-state index in [9.17, 15) is 9.90 Å². The molecule has 3 heterocycles. The molecule has 10 nitrogen and oxygen atoms in total. The van der Waals surface area contributed by atoms with Gasteiger partial charge in [0.1, 0.15) is 11.3 Å². The molecule has 6 rings (SSSR count). The molecule has 4 N–H and O–H groups in total. The molecule has 0 atom stereocenters. The number of nitrogens with one attached hydrogen (secondary N) is 3. The van der Waals surface area contributed by atoms with E-state index < -0.39 is 0 Å². The average Bonchev–Trinajstić information content (AvgIpc) is 3.47. The van der Waals surface area contributed by atoms with Crippen molar-refractivity contribution in [2.45, 2.75) is 37.8 Å². The van der Waals surface area contributed by atoms with Crippen molar-refractivity contribution in [2.75, 3.05) is 35.7 Å². The predicted molar refractivity (Wildman–Crippen MR) is 142 cm³/mol. The van der Waals surface area contributed by atoms with Crippen molar-refractivity contribution in [1.82, 2.24) is 24.9 Å². The summed E-state index contributed by atoms with van der Waals surface area (Å²) in [5.74, 6) is -0.363. The van der Waals surface area contributed by atoms with Crippen molar-refractivity contribution in [1.29, 1.82) is 0 Å². The number of aromatic nitrogens is 4. The maximum atomic E-state index is 13.6. The summed E-state index contributed by atoms with van der Waals surface area (Å²) in [4.78, 5) is 16.0. The molecule has 2 aliphatic rings. The molecule has 188 valence electrons. The number of hydrogen-bond donors (Lipinski definition) is 4. The molecule has 1 saturated heterocycles. The second-order valence-electron chi connectivity index (χ2n) is 10.0. The van der Waals surface area contributed by atoms with Gasteiger partial charge in [-0.2, -0.15) is 10.2 Å². The van der Waals surface area contributed by atoms with Crippen LogP contribution in [0, 0.1) is 0 Å². The summed E-state index contributed by atoms with van der Waals surface area (Å²) in [5, 5.41) is 31.2. The van der Waals surface area contributed by atoms with E-state index in [4.69, 9.17) is 0 Å². The molecule has 2 aromatic heterocycles. The maximum Gasteiger partial charge on any atom is 0.260 e. The smallest absolute Gasteiger partial charge is 0.260 e. The number of phenols is 1. The molecule has 1 aliphatic heterocycles. The van der Waals surface area contributed by atoms with Crippen LogP contribution in [0.2, 0.25) is 0 Å². The van der Waals surface area contributed by atoms with E-state index in [1.54, 1.807) is 21.5 Å². The van der Waals surface area contributed by atoms with Gasteiger partial charge in [-0.15, -0.1) is 0 Å². The molecule has 1 amide bonds. The Morgan fingerprint density at radius 2 is 1.69 bits per heavy atom. The van der Waals surface area contributed by atoms with E-state index in [1.165, 1.54) is 12.8 Å². The Morgan fingerprint density at radius 1 is 0.972 bits per heavy atom. The van der Waals surface area contributed by atoms with Crippen LogP contribution in [-0.2, 0) is 14.1 Å². The summed E-state index contributed by atoms with van der Waals surface area (Å²) in [6.45, 7) is 1.92. The van der Waals surface area contributed by atoms with Gasteiger partial charge in [-0.3, -0.25) is 14.2 Å². The predicted octanol–water partition coefficient (Wildman–Crippen LogP) is 3.18. The fourth-order valence-corrected chi connectivity index (χ4v) is 5.30. The van der Waals surface area contributed by atoms with E-state index in [0.717, 1.165) is 48.4 Å². The molecule has 4 aromatic rings. The van der Waals surface area contributed by atoms with Gasteiger partial charge in [0.15, 0.2) is 0 Å². The number of nitrogens with zero attached hydrogens (tertiary/aromatic N) is 5. The molecule has 0 bridgehead atoms. The summed E-state index contributed by atoms with van der Waals surface area (Å²) in [5.41, 5.74) is 3.87. The maximum absolute atomic E-state index is 13.6. The number of hydrogen-bond acceptors (Lipinski definition) is 7. The van der Waals surface area contributed by atoms with Crippen LogP contribution in [-0.4, -0.2) is 62.8 Å². The highest BCUT2D eigenvalue weighted by molar-refractivity contribution is 6.18. The Bertz CT molecular complexity index is 1460. The van der Waals surface area contributed by atoms with Gasteiger partial charge in [0.25, 0.3) is 5.91 Å². The number of benzene rings is 2. The third kappa shape index (κ3) is 4.11. The number of aryl methyl sites for hydroxylation is 2. The zero-order valence-corrected chi connectivity index (χ0v) is 20.9. The van der Waals surface area contributed by atoms with Crippen LogP contribution in [0.1, 0.15) is 36.0 Å². The number of piperidine rings is 1. The summed E-state index contributed by atoms with van der Waals surface area (Å²) in [6.07, 6.45) is 8.64. The van der Waals surface area contributed by atoms with Gasteiger partial charge in [-0.25, -0.2) is 0 Å². The van der Waals surface area contributed by atoms with Crippen LogP contribution in [0.5, 0.6) is 5.75 Å². The van der Waals surface area contributed by atoms with E-state index >= 15 is 0 Å². The minimum atomic E-state index is -0.333. The third-order valence-corrected chi connectivity index (χ3v) is 7.26. The normalized spacial score (nSPS) is 16.7. The van der Waals surface area contributed by atoms with Gasteiger partial charge in [-0.1, -0.05) is 0 Å². The Morgan fingerprint density at radius 3 is 2.42 bits per heavy atom. The van der Waals surface area contributed by atoms with Crippen molar-refractivity contribution >= 4 is 44.8 Å². The molecule has 0 spiro atoms. The summed E-state index contributed by atoms with van der Waals surface area (Å²) in [6, 6.07) is 6.65. The first kappa shape index (κ1) is 22.7. The van der Waals surface area contributed by atoms with Crippen LogP contribution in [0.4, 0.5) is 17.1 Å². The van der Waals surface area contributed by atoms with Crippen molar-refractivity contribution < 1.29 is 9.90 Å². The van der Waals surface area contributed by atoms with Crippen LogP contribution >= 0.6 is 0 Å². The van der Waals surface area contributed by atoms with Gasteiger partial charge in [0.05, 0.1) is 22.5 Å². The van der Waals surface area contributed by atoms with E-state index in [-0.39, 0.29) is 11.7 Å². The Labute approximate surface area is 209 Å². The second kappa shape index (κ2) is 8.70. The highest BCUT2D eigenvalue weighted by Gasteiger charge is 2.29. The van der Waals surface area contributed by atoms with Crippen molar-refractivity contribution in [3.8, 4) is 5.75 Å². The molecule has 36 heavy (non-hydrogen) atoms. The molecule has 0 radical (unpaired) electrons. The third-order valence-electron chi connectivity index (χ3n) is 7.26. The lowest BCUT2D eigenvalue weighted by molar-refractivity contribution is 0.102. The highest BCUT2D eigenvalue weighted by atomic mass is 16.3. The zero-order chi connectivity index (χ0) is 25.0. The van der Waals surface area contributed by atoms with Gasteiger partial charge in [0, 0.05) is 81.2 Å². The Kier molecular flexibility index (Phi) is 5.48. The first-order valence-corrected chi connectivity index (χ1v) is 12.6. The largest absolute Gasteiger partial charge is 0.506 e. The molecule has 1 saturated carbocycles. The monoisotopic (exact) mass is 488 g/mol. The summed E-state index contributed by atoms with van der Waals surface area (Å²) in [7, 11) is 5.51. The van der Waals surface area contributed by atoms with Gasteiger partial charge >= 0.3 is 0 Å². The van der Waals surface area contributed by atoms with Crippen LogP contribution in [0.15, 0.2) is 30.6 Å². The SMILES string of the molecule is CNc1cc(N2CCC(NC3CC3)CC2)c2cn(C)nc2c1C(=O)Nc1cc2cn(C)nc2cc1O. The van der Waals surface area contributed by atoms with Gasteiger partial charge in [-0.05, 0) is 37.8 Å². The van der Waals surface area contributed by atoms with Crippen molar-refractivity contribution in [2.24, 2.45) is 14.1 Å². The topological polar surface area (TPSA) is 112 Å². The number of phenolic OH excluding ortho intramolecular Hbond substituents is 1. The average molecular weight is 489 g/mol. The molecular weight excluding hydrogens is 456 g/mol. The van der Waals surface area contributed by atoms with E-state index in [1.807, 2.05) is 33.5 Å². The molecule has 1 aliphatic carbocycles. The van der Waals surface area contributed by atoms with Crippen molar-refractivity contribution in [3.63, 3.8) is 0 Å². The number of aromatic hydroxyl groups is 1. The number of anilines is 3. The van der Waals surface area contributed by atoms with E-state index in [2.05, 4.69) is 37.1 Å². The van der Waals surface area contributed by atoms with Gasteiger partial charge < -0.3 is 26.0 Å². The molecule has 10 heteroatoms. The summed E-state index contributed by atoms with van der Waals surface area (Å²) >= 11 is 0. The zero-order valence-electron chi connectivity index (χ0n) is 20.9. The quantitative estimate of drug-likeness (QED) is 0.308. The fraction of sp³-hybridized carbons (Fsp3) is 0.423. The number of carbonyl (C=O) groups excluding carboxylic acids is 1. The number of rotatable bonds is 6. The minimum Gasteiger partial charge on any atom is -0.506 e. The lowest BCUT2D eigenvalue weighted by atomic mass is 10.0. The number of amides is 1. The Balaban J connectivity index is 1.33. The minimum absolute atomic E-state index is 0.0304. The number of fused-ring (bicyclic) bond motifs is 2. The lowest BCUT2D eigenvalue weighted by Gasteiger charge is -2.35. The molecule has 2 fully saturated rings. The van der Waals surface area contributed by atoms with Crippen LogP contribution in [0.3, 0.4) is 0 Å². The number of carbonyl (C=O) groups is 1. The van der Waals surface area contributed by atoms with Crippen molar-refractivity contribution in [3.05, 3.63) is 36.2 Å². The van der Waals surface area contributed by atoms with Gasteiger partial charge in [0.2, 0.25) is 0 Å². The lowest BCUT2D eigenvalue weighted by Crippen LogP contribution is -2.43. The summed E-state index contributed by atoms with van der Waals surface area (Å²) < 4.78 is 3.43. The van der Waals surface area contributed by atoms with E-state index in [0.29, 0.717) is 34.0 Å². The second-order valence-corrected chi connectivity index (χ2v) is 10.0.